The first-order valence-corrected chi connectivity index (χ1v) is 4.37. The summed E-state index contributed by atoms with van der Waals surface area (Å²) in [5.74, 6) is -0.898. The molecule has 1 rings (SSSR count). The van der Waals surface area contributed by atoms with Crippen LogP contribution in [0.3, 0.4) is 0 Å². The van der Waals surface area contributed by atoms with E-state index in [2.05, 4.69) is 0 Å². The number of methoxy groups -OCH3 is 1. The van der Waals surface area contributed by atoms with E-state index in [0.717, 1.165) is 6.07 Å². The molecule has 0 saturated carbocycles. The van der Waals surface area contributed by atoms with Crippen LogP contribution in [-0.4, -0.2) is 12.2 Å². The van der Waals surface area contributed by atoms with E-state index in [1.165, 1.54) is 7.11 Å². The molecule has 0 bridgehead atoms. The van der Waals surface area contributed by atoms with Crippen molar-refractivity contribution < 1.29 is 14.2 Å². The molecule has 1 atom stereocenters. The van der Waals surface area contributed by atoms with Gasteiger partial charge in [-0.25, -0.2) is 4.39 Å². The Morgan fingerprint density at radius 2 is 2.21 bits per heavy atom. The number of benzene rings is 1. The van der Waals surface area contributed by atoms with Crippen LogP contribution in [0.5, 0.6) is 11.5 Å². The van der Waals surface area contributed by atoms with Crippen molar-refractivity contribution in [3.63, 3.8) is 0 Å². The second kappa shape index (κ2) is 4.02. The van der Waals surface area contributed by atoms with Gasteiger partial charge in [0, 0.05) is 17.7 Å². The molecule has 0 saturated heterocycles. The lowest BCUT2D eigenvalue weighted by atomic mass is 10.1. The van der Waals surface area contributed by atoms with Gasteiger partial charge >= 0.3 is 0 Å². The molecule has 0 aliphatic heterocycles. The highest BCUT2D eigenvalue weighted by molar-refractivity contribution is 6.31. The molecule has 0 aliphatic carbocycles. The third-order valence-corrected chi connectivity index (χ3v) is 2.23. The predicted octanol–water partition coefficient (Wildman–Crippen LogP) is 2.21. The molecule has 78 valence electrons. The van der Waals surface area contributed by atoms with Crippen LogP contribution in [-0.2, 0) is 0 Å². The predicted molar refractivity (Wildman–Crippen MR) is 52.2 cm³/mol. The van der Waals surface area contributed by atoms with Crippen molar-refractivity contribution in [2.24, 2.45) is 5.73 Å². The zero-order valence-corrected chi connectivity index (χ0v) is 8.60. The van der Waals surface area contributed by atoms with Crippen LogP contribution in [0.1, 0.15) is 18.5 Å². The Morgan fingerprint density at radius 1 is 1.64 bits per heavy atom. The zero-order chi connectivity index (χ0) is 10.9. The summed E-state index contributed by atoms with van der Waals surface area (Å²) >= 11 is 5.70. The van der Waals surface area contributed by atoms with Gasteiger partial charge in [-0.15, -0.1) is 0 Å². The molecule has 0 amide bonds. The van der Waals surface area contributed by atoms with E-state index in [0.29, 0.717) is 0 Å². The van der Waals surface area contributed by atoms with Gasteiger partial charge in [-0.2, -0.15) is 0 Å². The van der Waals surface area contributed by atoms with E-state index in [9.17, 15) is 9.50 Å². The Hall–Kier alpha value is -1.00. The molecular weight excluding hydrogens is 209 g/mol. The van der Waals surface area contributed by atoms with E-state index < -0.39 is 11.9 Å². The van der Waals surface area contributed by atoms with Gasteiger partial charge in [0.05, 0.1) is 12.1 Å². The minimum absolute atomic E-state index is 0.116. The average Bonchev–Trinajstić information content (AvgIpc) is 2.10. The van der Waals surface area contributed by atoms with E-state index >= 15 is 0 Å². The number of rotatable bonds is 2. The van der Waals surface area contributed by atoms with Crippen LogP contribution in [0.25, 0.3) is 0 Å². The fourth-order valence-electron chi connectivity index (χ4n) is 1.24. The van der Waals surface area contributed by atoms with Crippen LogP contribution >= 0.6 is 11.6 Å². The Labute approximate surface area is 86.2 Å². The molecule has 0 fully saturated rings. The Bertz CT molecular complexity index is 355. The lowest BCUT2D eigenvalue weighted by Gasteiger charge is -2.15. The van der Waals surface area contributed by atoms with E-state index in [1.54, 1.807) is 6.92 Å². The summed E-state index contributed by atoms with van der Waals surface area (Å²) in [5.41, 5.74) is 5.86. The first-order valence-electron chi connectivity index (χ1n) is 3.99. The summed E-state index contributed by atoms with van der Waals surface area (Å²) in [6.07, 6.45) is 0. The van der Waals surface area contributed by atoms with Gasteiger partial charge in [-0.05, 0) is 6.92 Å². The van der Waals surface area contributed by atoms with Crippen molar-refractivity contribution in [3.8, 4) is 11.5 Å². The van der Waals surface area contributed by atoms with Crippen molar-refractivity contribution >= 4 is 11.6 Å². The molecule has 0 radical (unpaired) electrons. The van der Waals surface area contributed by atoms with Gasteiger partial charge in [0.15, 0.2) is 11.5 Å². The standard InChI is InChI=1S/C9H11ClFNO2/c1-4(12)7-8(10)5(11)3-6(13)9(7)14-2/h3-4,13H,12H2,1-2H3. The minimum Gasteiger partial charge on any atom is -0.504 e. The SMILES string of the molecule is COc1c(O)cc(F)c(Cl)c1C(C)N. The van der Waals surface area contributed by atoms with E-state index in [4.69, 9.17) is 22.1 Å². The lowest BCUT2D eigenvalue weighted by molar-refractivity contribution is 0.364. The van der Waals surface area contributed by atoms with Crippen molar-refractivity contribution in [2.75, 3.05) is 7.11 Å². The molecular formula is C9H11ClFNO2. The van der Waals surface area contributed by atoms with Gasteiger partial charge in [-0.1, -0.05) is 11.6 Å². The average molecular weight is 220 g/mol. The molecule has 1 aromatic rings. The monoisotopic (exact) mass is 219 g/mol. The molecule has 3 nitrogen and oxygen atoms in total. The van der Waals surface area contributed by atoms with Gasteiger partial charge in [-0.3, -0.25) is 0 Å². The highest BCUT2D eigenvalue weighted by Gasteiger charge is 2.20. The van der Waals surface area contributed by atoms with Gasteiger partial charge in [0.1, 0.15) is 5.82 Å². The molecule has 3 N–H and O–H groups in total. The number of hydrogen-bond donors (Lipinski definition) is 2. The number of nitrogens with two attached hydrogens (primary N) is 1. The molecule has 0 heterocycles. The molecule has 0 aliphatic rings. The second-order valence-electron chi connectivity index (χ2n) is 2.93. The van der Waals surface area contributed by atoms with Crippen LogP contribution < -0.4 is 10.5 Å². The van der Waals surface area contributed by atoms with Gasteiger partial charge < -0.3 is 15.6 Å². The maximum atomic E-state index is 13.1. The Balaban J connectivity index is 3.48. The number of phenolic OH excluding ortho intramolecular Hbond substituents is 1. The van der Waals surface area contributed by atoms with Crippen molar-refractivity contribution in [1.29, 1.82) is 0 Å². The van der Waals surface area contributed by atoms with E-state index in [1.807, 2.05) is 0 Å². The largest absolute Gasteiger partial charge is 0.504 e. The first-order chi connectivity index (χ1) is 6.49. The maximum Gasteiger partial charge on any atom is 0.166 e. The summed E-state index contributed by atoms with van der Waals surface area (Å²) in [6.45, 7) is 1.63. The molecule has 0 aromatic heterocycles. The molecule has 0 spiro atoms. The number of ether oxygens (including phenoxy) is 1. The number of phenols is 1. The van der Waals surface area contributed by atoms with Crippen molar-refractivity contribution in [2.45, 2.75) is 13.0 Å². The Morgan fingerprint density at radius 3 is 2.64 bits per heavy atom. The second-order valence-corrected chi connectivity index (χ2v) is 3.31. The maximum absolute atomic E-state index is 13.1. The molecule has 1 unspecified atom stereocenters. The highest BCUT2D eigenvalue weighted by atomic mass is 35.5. The minimum atomic E-state index is -0.711. The summed E-state index contributed by atoms with van der Waals surface area (Å²) in [4.78, 5) is 0. The highest BCUT2D eigenvalue weighted by Crippen LogP contribution is 2.39. The normalized spacial score (nSPS) is 12.6. The molecule has 5 heteroatoms. The zero-order valence-electron chi connectivity index (χ0n) is 7.84. The summed E-state index contributed by atoms with van der Waals surface area (Å²) in [6, 6.07) is 0.381. The topological polar surface area (TPSA) is 55.5 Å². The van der Waals surface area contributed by atoms with Crippen molar-refractivity contribution in [1.82, 2.24) is 0 Å². The van der Waals surface area contributed by atoms with Crippen LogP contribution in [0, 0.1) is 5.82 Å². The van der Waals surface area contributed by atoms with Crippen LogP contribution in [0.2, 0.25) is 5.02 Å². The third-order valence-electron chi connectivity index (χ3n) is 1.85. The van der Waals surface area contributed by atoms with Gasteiger partial charge in [0.2, 0.25) is 0 Å². The smallest absolute Gasteiger partial charge is 0.166 e. The van der Waals surface area contributed by atoms with Crippen LogP contribution in [0.4, 0.5) is 4.39 Å². The third kappa shape index (κ3) is 1.76. The van der Waals surface area contributed by atoms with E-state index in [-0.39, 0.29) is 22.1 Å². The summed E-state index contributed by atoms with van der Waals surface area (Å²) in [5, 5.41) is 9.25. The lowest BCUT2D eigenvalue weighted by Crippen LogP contribution is -2.08. The first kappa shape index (κ1) is 11.1. The molecule has 14 heavy (non-hydrogen) atoms. The summed E-state index contributed by atoms with van der Waals surface area (Å²) < 4.78 is 18.0. The fourth-order valence-corrected chi connectivity index (χ4v) is 1.55. The van der Waals surface area contributed by atoms with Crippen LogP contribution in [0.15, 0.2) is 6.07 Å². The van der Waals surface area contributed by atoms with Crippen molar-refractivity contribution in [3.05, 3.63) is 22.5 Å². The summed E-state index contributed by atoms with van der Waals surface area (Å²) in [7, 11) is 1.36. The number of halogens is 2. The Kier molecular flexibility index (Phi) is 3.18. The quantitative estimate of drug-likeness (QED) is 0.802. The van der Waals surface area contributed by atoms with Gasteiger partial charge in [0.25, 0.3) is 0 Å². The fraction of sp³-hybridized carbons (Fsp3) is 0.333. The molecule has 1 aromatic carbocycles. The number of hydrogen-bond acceptors (Lipinski definition) is 3. The number of aromatic hydroxyl groups is 1.